The molecule has 1 aliphatic rings. The molecule has 2 N–H and O–H groups in total. The zero-order chi connectivity index (χ0) is 11.7. The number of rotatable bonds is 3. The lowest BCUT2D eigenvalue weighted by Crippen LogP contribution is -2.09. The summed E-state index contributed by atoms with van der Waals surface area (Å²) >= 11 is 1.71. The van der Waals surface area contributed by atoms with Gasteiger partial charge in [-0.05, 0) is 30.8 Å². The summed E-state index contributed by atoms with van der Waals surface area (Å²) in [5.41, 5.74) is 6.88. The van der Waals surface area contributed by atoms with Crippen LogP contribution in [0.2, 0.25) is 0 Å². The Hall–Kier alpha value is -1.00. The topological polar surface area (TPSA) is 51.8 Å². The number of nitrogens with two attached hydrogens (primary N) is 1. The van der Waals surface area contributed by atoms with Gasteiger partial charge in [-0.1, -0.05) is 12.8 Å². The first-order valence-electron chi connectivity index (χ1n) is 6.32. The summed E-state index contributed by atoms with van der Waals surface area (Å²) in [7, 11) is 0. The molecule has 17 heavy (non-hydrogen) atoms. The highest BCUT2D eigenvalue weighted by molar-refractivity contribution is 7.16. The van der Waals surface area contributed by atoms with Gasteiger partial charge in [0.2, 0.25) is 0 Å². The SMILES string of the molecule is NCCc1nc(C2CCCC2)c2ccsc2n1. The largest absolute Gasteiger partial charge is 0.330 e. The van der Waals surface area contributed by atoms with Gasteiger partial charge < -0.3 is 5.73 Å². The molecule has 0 aliphatic heterocycles. The molecule has 90 valence electrons. The van der Waals surface area contributed by atoms with Crippen LogP contribution in [0.5, 0.6) is 0 Å². The Bertz CT molecular complexity index is 514. The van der Waals surface area contributed by atoms with Gasteiger partial charge in [-0.25, -0.2) is 9.97 Å². The van der Waals surface area contributed by atoms with Crippen LogP contribution in [0.4, 0.5) is 0 Å². The molecule has 0 unspecified atom stereocenters. The third kappa shape index (κ3) is 2.07. The van der Waals surface area contributed by atoms with Crippen molar-refractivity contribution in [1.82, 2.24) is 9.97 Å². The van der Waals surface area contributed by atoms with Gasteiger partial charge in [-0.2, -0.15) is 0 Å². The van der Waals surface area contributed by atoms with E-state index in [0.29, 0.717) is 12.5 Å². The second-order valence-corrected chi connectivity index (χ2v) is 5.58. The van der Waals surface area contributed by atoms with E-state index >= 15 is 0 Å². The standard InChI is InChI=1S/C13H17N3S/c14-7-5-11-15-12(9-3-1-2-4-9)10-6-8-17-13(10)16-11/h6,8-9H,1-5,7,14H2. The fourth-order valence-corrected chi connectivity index (χ4v) is 3.47. The molecular formula is C13H17N3S. The van der Waals surface area contributed by atoms with E-state index in [0.717, 1.165) is 17.1 Å². The average Bonchev–Trinajstić information content (AvgIpc) is 2.99. The highest BCUT2D eigenvalue weighted by atomic mass is 32.1. The van der Waals surface area contributed by atoms with Gasteiger partial charge in [-0.15, -0.1) is 11.3 Å². The van der Waals surface area contributed by atoms with Gasteiger partial charge in [0.05, 0.1) is 5.69 Å². The van der Waals surface area contributed by atoms with E-state index in [-0.39, 0.29) is 0 Å². The van der Waals surface area contributed by atoms with E-state index in [1.54, 1.807) is 11.3 Å². The Balaban J connectivity index is 2.09. The molecule has 0 atom stereocenters. The molecular weight excluding hydrogens is 230 g/mol. The Morgan fingerprint density at radius 3 is 2.88 bits per heavy atom. The normalized spacial score (nSPS) is 17.0. The predicted octanol–water partition coefficient (Wildman–Crippen LogP) is 2.85. The monoisotopic (exact) mass is 247 g/mol. The van der Waals surface area contributed by atoms with E-state index in [4.69, 9.17) is 10.7 Å². The van der Waals surface area contributed by atoms with E-state index in [2.05, 4.69) is 16.4 Å². The van der Waals surface area contributed by atoms with Crippen LogP contribution in [0.3, 0.4) is 0 Å². The first kappa shape index (κ1) is 11.1. The molecule has 1 aliphatic carbocycles. The molecule has 1 fully saturated rings. The van der Waals surface area contributed by atoms with Crippen LogP contribution in [0.15, 0.2) is 11.4 Å². The maximum absolute atomic E-state index is 5.61. The molecule has 2 aromatic heterocycles. The van der Waals surface area contributed by atoms with Crippen LogP contribution < -0.4 is 5.73 Å². The number of thiophene rings is 1. The van der Waals surface area contributed by atoms with Crippen LogP contribution >= 0.6 is 11.3 Å². The molecule has 0 bridgehead atoms. The molecule has 0 radical (unpaired) electrons. The molecule has 0 spiro atoms. The summed E-state index contributed by atoms with van der Waals surface area (Å²) in [5.74, 6) is 1.57. The van der Waals surface area contributed by atoms with E-state index in [1.807, 2.05) is 0 Å². The quantitative estimate of drug-likeness (QED) is 0.907. The maximum atomic E-state index is 5.61. The zero-order valence-corrected chi connectivity index (χ0v) is 10.7. The number of fused-ring (bicyclic) bond motifs is 1. The third-order valence-corrected chi connectivity index (χ3v) is 4.32. The van der Waals surface area contributed by atoms with Crippen molar-refractivity contribution in [2.45, 2.75) is 38.0 Å². The van der Waals surface area contributed by atoms with Crippen molar-refractivity contribution in [3.05, 3.63) is 23.0 Å². The van der Waals surface area contributed by atoms with Gasteiger partial charge >= 0.3 is 0 Å². The van der Waals surface area contributed by atoms with E-state index < -0.39 is 0 Å². The van der Waals surface area contributed by atoms with E-state index in [9.17, 15) is 0 Å². The summed E-state index contributed by atoms with van der Waals surface area (Å²) in [6.45, 7) is 0.626. The van der Waals surface area contributed by atoms with Crippen molar-refractivity contribution in [2.24, 2.45) is 5.73 Å². The minimum Gasteiger partial charge on any atom is -0.330 e. The summed E-state index contributed by atoms with van der Waals surface area (Å²) in [4.78, 5) is 10.5. The van der Waals surface area contributed by atoms with Gasteiger partial charge in [0.15, 0.2) is 0 Å². The molecule has 3 rings (SSSR count). The van der Waals surface area contributed by atoms with Crippen LogP contribution in [-0.2, 0) is 6.42 Å². The van der Waals surface area contributed by atoms with Gasteiger partial charge in [0, 0.05) is 17.7 Å². The van der Waals surface area contributed by atoms with Crippen molar-refractivity contribution in [3.8, 4) is 0 Å². The Labute approximate surface area is 105 Å². The van der Waals surface area contributed by atoms with Crippen LogP contribution in [0.25, 0.3) is 10.2 Å². The van der Waals surface area contributed by atoms with Gasteiger partial charge in [-0.3, -0.25) is 0 Å². The molecule has 4 heteroatoms. The lowest BCUT2D eigenvalue weighted by molar-refractivity contribution is 0.692. The summed E-state index contributed by atoms with van der Waals surface area (Å²) in [6.07, 6.45) is 6.03. The second-order valence-electron chi connectivity index (χ2n) is 4.68. The van der Waals surface area contributed by atoms with Crippen LogP contribution in [0, 0.1) is 0 Å². The predicted molar refractivity (Wildman–Crippen MR) is 71.4 cm³/mol. The molecule has 2 aromatic rings. The van der Waals surface area contributed by atoms with E-state index in [1.165, 1.54) is 36.8 Å². The lowest BCUT2D eigenvalue weighted by atomic mass is 10.0. The first-order valence-corrected chi connectivity index (χ1v) is 7.20. The second kappa shape index (κ2) is 4.70. The Kier molecular flexibility index (Phi) is 3.07. The first-order chi connectivity index (χ1) is 8.38. The lowest BCUT2D eigenvalue weighted by Gasteiger charge is -2.11. The molecule has 0 saturated heterocycles. The summed E-state index contributed by atoms with van der Waals surface area (Å²) in [6, 6.07) is 2.17. The number of nitrogens with zero attached hydrogens (tertiary/aromatic N) is 2. The summed E-state index contributed by atoms with van der Waals surface area (Å²) in [5, 5.41) is 3.38. The minimum absolute atomic E-state index is 0.626. The zero-order valence-electron chi connectivity index (χ0n) is 9.85. The van der Waals surface area contributed by atoms with Crippen molar-refractivity contribution < 1.29 is 0 Å². The van der Waals surface area contributed by atoms with Crippen molar-refractivity contribution in [2.75, 3.05) is 6.54 Å². The van der Waals surface area contributed by atoms with Crippen molar-refractivity contribution in [1.29, 1.82) is 0 Å². The minimum atomic E-state index is 0.626. The molecule has 0 amide bonds. The highest BCUT2D eigenvalue weighted by Gasteiger charge is 2.22. The Morgan fingerprint density at radius 2 is 2.12 bits per heavy atom. The molecule has 0 aromatic carbocycles. The highest BCUT2D eigenvalue weighted by Crippen LogP contribution is 2.37. The smallest absolute Gasteiger partial charge is 0.131 e. The van der Waals surface area contributed by atoms with Crippen LogP contribution in [0.1, 0.15) is 43.1 Å². The van der Waals surface area contributed by atoms with Crippen molar-refractivity contribution >= 4 is 21.6 Å². The average molecular weight is 247 g/mol. The number of aromatic nitrogens is 2. The Morgan fingerprint density at radius 1 is 1.29 bits per heavy atom. The fraction of sp³-hybridized carbons (Fsp3) is 0.538. The summed E-state index contributed by atoms with van der Waals surface area (Å²) < 4.78 is 0. The molecule has 2 heterocycles. The van der Waals surface area contributed by atoms with Crippen LogP contribution in [-0.4, -0.2) is 16.5 Å². The van der Waals surface area contributed by atoms with Gasteiger partial charge in [0.1, 0.15) is 10.7 Å². The number of hydrogen-bond acceptors (Lipinski definition) is 4. The molecule has 3 nitrogen and oxygen atoms in total. The fourth-order valence-electron chi connectivity index (χ4n) is 2.68. The van der Waals surface area contributed by atoms with Gasteiger partial charge in [0.25, 0.3) is 0 Å². The third-order valence-electron chi connectivity index (χ3n) is 3.51. The maximum Gasteiger partial charge on any atom is 0.131 e. The number of hydrogen-bond donors (Lipinski definition) is 1. The van der Waals surface area contributed by atoms with Crippen molar-refractivity contribution in [3.63, 3.8) is 0 Å². The molecule has 1 saturated carbocycles.